The summed E-state index contributed by atoms with van der Waals surface area (Å²) in [4.78, 5) is 18.6. The van der Waals surface area contributed by atoms with Crippen LogP contribution < -0.4 is 10.5 Å². The van der Waals surface area contributed by atoms with E-state index in [1.807, 2.05) is 24.3 Å². The van der Waals surface area contributed by atoms with Gasteiger partial charge in [0, 0.05) is 11.6 Å². The lowest BCUT2D eigenvalue weighted by atomic mass is 10.0. The molecule has 0 saturated carbocycles. The molecule has 4 rings (SSSR count). The van der Waals surface area contributed by atoms with Gasteiger partial charge in [-0.15, -0.1) is 0 Å². The van der Waals surface area contributed by atoms with Crippen LogP contribution in [0.2, 0.25) is 10.0 Å². The number of aromatic nitrogens is 2. The van der Waals surface area contributed by atoms with E-state index < -0.39 is 12.2 Å². The van der Waals surface area contributed by atoms with Crippen molar-refractivity contribution >= 4 is 40.3 Å². The Morgan fingerprint density at radius 3 is 2.41 bits per heavy atom. The lowest BCUT2D eigenvalue weighted by Gasteiger charge is -2.12. The molecular formula is C21H15Cl2N3O3. The zero-order chi connectivity index (χ0) is 20.5. The summed E-state index contributed by atoms with van der Waals surface area (Å²) in [5, 5.41) is 11.4. The molecule has 0 aliphatic carbocycles. The van der Waals surface area contributed by atoms with Gasteiger partial charge in [0.2, 0.25) is 0 Å². The van der Waals surface area contributed by atoms with Crippen molar-refractivity contribution < 1.29 is 14.6 Å². The van der Waals surface area contributed by atoms with Gasteiger partial charge in [-0.05, 0) is 35.4 Å². The molecule has 0 fully saturated rings. The molecule has 146 valence electrons. The van der Waals surface area contributed by atoms with Crippen molar-refractivity contribution in [1.29, 1.82) is 0 Å². The minimum Gasteiger partial charge on any atom is -0.410 e. The first-order valence-electron chi connectivity index (χ1n) is 8.61. The largest absolute Gasteiger partial charge is 0.410 e. The maximum atomic E-state index is 10.9. The summed E-state index contributed by atoms with van der Waals surface area (Å²) in [6.45, 7) is 0. The van der Waals surface area contributed by atoms with Crippen LogP contribution in [0.4, 0.5) is 4.79 Å². The second-order valence-corrected chi connectivity index (χ2v) is 7.20. The van der Waals surface area contributed by atoms with Gasteiger partial charge in [0.25, 0.3) is 0 Å². The Kier molecular flexibility index (Phi) is 5.15. The normalized spacial score (nSPS) is 12.1. The smallest absolute Gasteiger partial charge is 0.409 e. The number of H-pyrrole nitrogens is 1. The zero-order valence-corrected chi connectivity index (χ0v) is 16.4. The number of fused-ring (bicyclic) bond motifs is 1. The Morgan fingerprint density at radius 1 is 1.00 bits per heavy atom. The SMILES string of the molecule is NC(=O)Oc1ccc2nc(-c3ccc(C(O)c4ccc(Cl)c(Cl)c4)cc3)[nH]c2c1. The topological polar surface area (TPSA) is 101 Å². The molecular weight excluding hydrogens is 413 g/mol. The molecule has 4 N–H and O–H groups in total. The molecule has 6 nitrogen and oxygen atoms in total. The molecule has 1 aromatic heterocycles. The third-order valence-corrected chi connectivity index (χ3v) is 5.17. The number of aromatic amines is 1. The van der Waals surface area contributed by atoms with Crippen LogP contribution in [-0.2, 0) is 0 Å². The van der Waals surface area contributed by atoms with Crippen molar-refractivity contribution in [3.8, 4) is 17.1 Å². The fourth-order valence-corrected chi connectivity index (χ4v) is 3.31. The number of carbonyl (C=O) groups excluding carboxylic acids is 1. The number of primary amides is 1. The second kappa shape index (κ2) is 7.75. The lowest BCUT2D eigenvalue weighted by Crippen LogP contribution is -2.16. The molecule has 0 spiro atoms. The summed E-state index contributed by atoms with van der Waals surface area (Å²) >= 11 is 12.0. The Morgan fingerprint density at radius 2 is 1.72 bits per heavy atom. The fourth-order valence-electron chi connectivity index (χ4n) is 3.00. The summed E-state index contributed by atoms with van der Waals surface area (Å²) in [5.74, 6) is 0.979. The number of aliphatic hydroxyl groups is 1. The quantitative estimate of drug-likeness (QED) is 0.422. The molecule has 1 amide bonds. The number of halogens is 2. The first-order chi connectivity index (χ1) is 13.9. The third kappa shape index (κ3) is 4.05. The number of nitrogens with zero attached hydrogens (tertiary/aromatic N) is 1. The standard InChI is InChI=1S/C21H15Cl2N3O3/c22-15-7-5-13(9-16(15)23)19(27)11-1-3-12(4-2-11)20-25-17-8-6-14(29-21(24)28)10-18(17)26-20/h1-10,19,27H,(H2,24,28)(H,25,26). The van der Waals surface area contributed by atoms with E-state index in [0.717, 1.165) is 11.1 Å². The molecule has 3 aromatic carbocycles. The molecule has 29 heavy (non-hydrogen) atoms. The molecule has 0 aliphatic heterocycles. The van der Waals surface area contributed by atoms with Crippen molar-refractivity contribution in [2.45, 2.75) is 6.10 Å². The first-order valence-corrected chi connectivity index (χ1v) is 9.37. The van der Waals surface area contributed by atoms with E-state index in [-0.39, 0.29) is 0 Å². The Hall–Kier alpha value is -3.06. The van der Waals surface area contributed by atoms with Crippen LogP contribution in [0.3, 0.4) is 0 Å². The fraction of sp³-hybridized carbons (Fsp3) is 0.0476. The number of ether oxygens (including phenoxy) is 1. The Balaban J connectivity index is 1.60. The van der Waals surface area contributed by atoms with Crippen LogP contribution in [0.1, 0.15) is 17.2 Å². The highest BCUT2D eigenvalue weighted by Crippen LogP contribution is 2.30. The molecule has 0 aliphatic rings. The van der Waals surface area contributed by atoms with E-state index in [4.69, 9.17) is 33.7 Å². The van der Waals surface area contributed by atoms with Gasteiger partial charge in [0.1, 0.15) is 17.7 Å². The van der Waals surface area contributed by atoms with Crippen LogP contribution in [0.5, 0.6) is 5.75 Å². The van der Waals surface area contributed by atoms with E-state index in [9.17, 15) is 9.90 Å². The average Bonchev–Trinajstić information content (AvgIpc) is 3.12. The molecule has 0 bridgehead atoms. The van der Waals surface area contributed by atoms with Gasteiger partial charge in [-0.25, -0.2) is 9.78 Å². The van der Waals surface area contributed by atoms with Gasteiger partial charge in [-0.1, -0.05) is 53.5 Å². The number of hydrogen-bond acceptors (Lipinski definition) is 4. The molecule has 1 unspecified atom stereocenters. The minimum absolute atomic E-state index is 0.334. The van der Waals surface area contributed by atoms with Crippen molar-refractivity contribution in [3.05, 3.63) is 81.8 Å². The maximum Gasteiger partial charge on any atom is 0.409 e. The van der Waals surface area contributed by atoms with Crippen LogP contribution in [0, 0.1) is 0 Å². The van der Waals surface area contributed by atoms with Crippen molar-refractivity contribution in [2.75, 3.05) is 0 Å². The highest BCUT2D eigenvalue weighted by Gasteiger charge is 2.13. The van der Waals surface area contributed by atoms with Gasteiger partial charge in [0.15, 0.2) is 0 Å². The van der Waals surface area contributed by atoms with Crippen LogP contribution in [0.25, 0.3) is 22.4 Å². The number of benzene rings is 3. The predicted molar refractivity (Wildman–Crippen MR) is 112 cm³/mol. The maximum absolute atomic E-state index is 10.9. The molecule has 8 heteroatoms. The summed E-state index contributed by atoms with van der Waals surface area (Å²) < 4.78 is 4.88. The second-order valence-electron chi connectivity index (χ2n) is 6.38. The minimum atomic E-state index is -0.875. The predicted octanol–water partition coefficient (Wildman–Crippen LogP) is 5.08. The van der Waals surface area contributed by atoms with E-state index >= 15 is 0 Å². The van der Waals surface area contributed by atoms with Crippen LogP contribution >= 0.6 is 23.2 Å². The van der Waals surface area contributed by atoms with Crippen LogP contribution in [-0.4, -0.2) is 21.2 Å². The van der Waals surface area contributed by atoms with Gasteiger partial charge in [0.05, 0.1) is 21.1 Å². The van der Waals surface area contributed by atoms with Gasteiger partial charge < -0.3 is 20.6 Å². The number of amides is 1. The molecule has 1 heterocycles. The van der Waals surface area contributed by atoms with E-state index in [1.54, 1.807) is 36.4 Å². The molecule has 4 aromatic rings. The number of rotatable bonds is 4. The number of hydrogen-bond donors (Lipinski definition) is 3. The highest BCUT2D eigenvalue weighted by molar-refractivity contribution is 6.42. The summed E-state index contributed by atoms with van der Waals surface area (Å²) in [6.07, 6.45) is -1.71. The first kappa shape index (κ1) is 19.3. The van der Waals surface area contributed by atoms with E-state index in [0.29, 0.717) is 38.3 Å². The van der Waals surface area contributed by atoms with Crippen molar-refractivity contribution in [2.24, 2.45) is 5.73 Å². The van der Waals surface area contributed by atoms with E-state index in [1.165, 1.54) is 0 Å². The summed E-state index contributed by atoms with van der Waals surface area (Å²) in [6, 6.07) is 17.4. The average molecular weight is 428 g/mol. The summed E-state index contributed by atoms with van der Waals surface area (Å²) in [5.41, 5.74) is 8.66. The monoisotopic (exact) mass is 427 g/mol. The zero-order valence-electron chi connectivity index (χ0n) is 14.9. The Bertz CT molecular complexity index is 1210. The number of aliphatic hydroxyl groups excluding tert-OH is 1. The van der Waals surface area contributed by atoms with Crippen molar-refractivity contribution in [1.82, 2.24) is 9.97 Å². The summed E-state index contributed by atoms with van der Waals surface area (Å²) in [7, 11) is 0. The number of nitrogens with two attached hydrogens (primary N) is 1. The van der Waals surface area contributed by atoms with Crippen LogP contribution in [0.15, 0.2) is 60.7 Å². The molecule has 0 radical (unpaired) electrons. The van der Waals surface area contributed by atoms with Gasteiger partial charge >= 0.3 is 6.09 Å². The Labute approximate surface area is 175 Å². The number of carbonyl (C=O) groups is 1. The van der Waals surface area contributed by atoms with Crippen molar-refractivity contribution in [3.63, 3.8) is 0 Å². The lowest BCUT2D eigenvalue weighted by molar-refractivity contribution is 0.211. The highest BCUT2D eigenvalue weighted by atomic mass is 35.5. The van der Waals surface area contributed by atoms with E-state index in [2.05, 4.69) is 9.97 Å². The number of imidazole rings is 1. The molecule has 1 atom stereocenters. The molecule has 0 saturated heterocycles. The van der Waals surface area contributed by atoms with Gasteiger partial charge in [-0.2, -0.15) is 0 Å². The van der Waals surface area contributed by atoms with Gasteiger partial charge in [-0.3, -0.25) is 0 Å². The number of nitrogens with one attached hydrogen (secondary N) is 1. The third-order valence-electron chi connectivity index (χ3n) is 4.43.